The number of carbonyl (C=O) groups excluding carboxylic acids is 1. The average Bonchev–Trinajstić information content (AvgIpc) is 2.77. The van der Waals surface area contributed by atoms with Gasteiger partial charge in [0.2, 0.25) is 10.0 Å². The molecule has 0 aromatic carbocycles. The van der Waals surface area contributed by atoms with Crippen LogP contribution in [0.4, 0.5) is 0 Å². The highest BCUT2D eigenvalue weighted by Crippen LogP contribution is 2.27. The Hall–Kier alpha value is -0.960. The van der Waals surface area contributed by atoms with E-state index in [4.69, 9.17) is 0 Å². The normalized spacial score (nSPS) is 13.5. The summed E-state index contributed by atoms with van der Waals surface area (Å²) < 4.78 is 31.9. The predicted octanol–water partition coefficient (Wildman–Crippen LogP) is 1.07. The van der Waals surface area contributed by atoms with Crippen LogP contribution in [0.3, 0.4) is 0 Å². The second-order valence-corrected chi connectivity index (χ2v) is 7.32. The highest BCUT2D eigenvalue weighted by Gasteiger charge is 2.27. The first-order valence-corrected chi connectivity index (χ1v) is 8.39. The van der Waals surface area contributed by atoms with Gasteiger partial charge in [0.15, 0.2) is 0 Å². The monoisotopic (exact) mass is 320 g/mol. The second kappa shape index (κ2) is 6.66. The number of methoxy groups -OCH3 is 1. The molecule has 1 heterocycles. The lowest BCUT2D eigenvalue weighted by Gasteiger charge is -2.20. The van der Waals surface area contributed by atoms with Gasteiger partial charge in [-0.05, 0) is 38.9 Å². The predicted molar refractivity (Wildman–Crippen MR) is 78.7 cm³/mol. The van der Waals surface area contributed by atoms with E-state index in [0.717, 1.165) is 11.3 Å². The molecular formula is C12H20N2O4S2. The number of nitrogens with one attached hydrogen (secondary N) is 1. The number of aryl methyl sites for hydroxylation is 1. The number of rotatable bonds is 6. The van der Waals surface area contributed by atoms with Gasteiger partial charge in [-0.2, -0.15) is 0 Å². The molecule has 0 spiro atoms. The summed E-state index contributed by atoms with van der Waals surface area (Å²) in [5, 5.41) is 1.64. The van der Waals surface area contributed by atoms with Gasteiger partial charge in [0, 0.05) is 12.6 Å². The summed E-state index contributed by atoms with van der Waals surface area (Å²) in [6.07, 6.45) is 0. The van der Waals surface area contributed by atoms with Gasteiger partial charge < -0.3 is 9.64 Å². The molecule has 0 radical (unpaired) electrons. The number of ether oxygens (including phenoxy) is 1. The third-order valence-corrected chi connectivity index (χ3v) is 5.83. The lowest BCUT2D eigenvalue weighted by molar-refractivity contribution is 0.0602. The Kier molecular flexibility index (Phi) is 5.69. The molecule has 6 nitrogen and oxygen atoms in total. The summed E-state index contributed by atoms with van der Waals surface area (Å²) >= 11 is 1.07. The molecule has 0 fully saturated rings. The molecule has 0 saturated carbocycles. The molecule has 1 atom stereocenters. The molecule has 0 aliphatic heterocycles. The fraction of sp³-hybridized carbons (Fsp3) is 0.583. The number of nitrogens with zero attached hydrogens (tertiary/aromatic N) is 1. The van der Waals surface area contributed by atoms with Crippen LogP contribution in [-0.4, -0.2) is 53.1 Å². The van der Waals surface area contributed by atoms with Crippen LogP contribution in [0.5, 0.6) is 0 Å². The average molecular weight is 320 g/mol. The molecule has 0 aliphatic carbocycles. The van der Waals surface area contributed by atoms with Crippen LogP contribution in [0, 0.1) is 6.92 Å². The summed E-state index contributed by atoms with van der Waals surface area (Å²) in [5.41, 5.74) is 0.542. The number of thiophene rings is 1. The lowest BCUT2D eigenvalue weighted by atomic mass is 10.3. The topological polar surface area (TPSA) is 75.7 Å². The maximum Gasteiger partial charge on any atom is 0.349 e. The zero-order valence-electron chi connectivity index (χ0n) is 12.3. The third-order valence-electron chi connectivity index (χ3n) is 3.01. The largest absolute Gasteiger partial charge is 0.465 e. The van der Waals surface area contributed by atoms with Crippen molar-refractivity contribution in [2.45, 2.75) is 24.8 Å². The van der Waals surface area contributed by atoms with E-state index in [1.807, 2.05) is 25.9 Å². The van der Waals surface area contributed by atoms with Crippen molar-refractivity contribution in [3.8, 4) is 0 Å². The molecule has 1 N–H and O–H groups in total. The van der Waals surface area contributed by atoms with Crippen LogP contribution >= 0.6 is 11.3 Å². The fourth-order valence-corrected chi connectivity index (χ4v) is 4.31. The number of hydrogen-bond acceptors (Lipinski definition) is 6. The van der Waals surface area contributed by atoms with E-state index in [-0.39, 0.29) is 22.4 Å². The number of esters is 1. The molecule has 114 valence electrons. The summed E-state index contributed by atoms with van der Waals surface area (Å²) in [7, 11) is 1.24. The Morgan fingerprint density at radius 1 is 1.50 bits per heavy atom. The molecule has 1 aromatic heterocycles. The van der Waals surface area contributed by atoms with Gasteiger partial charge in [0.1, 0.15) is 9.77 Å². The molecule has 20 heavy (non-hydrogen) atoms. The van der Waals surface area contributed by atoms with E-state index in [1.165, 1.54) is 7.11 Å². The highest BCUT2D eigenvalue weighted by atomic mass is 32.2. The van der Waals surface area contributed by atoms with Gasteiger partial charge in [-0.25, -0.2) is 17.9 Å². The highest BCUT2D eigenvalue weighted by molar-refractivity contribution is 7.89. The summed E-state index contributed by atoms with van der Waals surface area (Å²) in [4.78, 5) is 13.7. The lowest BCUT2D eigenvalue weighted by Crippen LogP contribution is -2.38. The summed E-state index contributed by atoms with van der Waals surface area (Å²) in [5.74, 6) is -0.635. The van der Waals surface area contributed by atoms with Crippen molar-refractivity contribution >= 4 is 27.3 Å². The van der Waals surface area contributed by atoms with Crippen LogP contribution in [0.1, 0.15) is 22.2 Å². The van der Waals surface area contributed by atoms with Crippen molar-refractivity contribution in [3.63, 3.8) is 0 Å². The Labute approximate surface area is 123 Å². The molecule has 0 saturated heterocycles. The van der Waals surface area contributed by atoms with E-state index in [0.29, 0.717) is 5.56 Å². The first-order valence-electron chi connectivity index (χ1n) is 6.03. The minimum Gasteiger partial charge on any atom is -0.465 e. The van der Waals surface area contributed by atoms with Crippen LogP contribution in [0.25, 0.3) is 0 Å². The fourth-order valence-electron chi connectivity index (χ4n) is 1.49. The quantitative estimate of drug-likeness (QED) is 0.794. The van der Waals surface area contributed by atoms with E-state index in [2.05, 4.69) is 9.46 Å². The van der Waals surface area contributed by atoms with Crippen molar-refractivity contribution in [2.75, 3.05) is 27.7 Å². The SMILES string of the molecule is COC(=O)c1scc(C)c1S(=O)(=O)NCC(C)N(C)C. The van der Waals surface area contributed by atoms with Crippen LogP contribution < -0.4 is 4.72 Å². The maximum atomic E-state index is 12.4. The van der Waals surface area contributed by atoms with Crippen molar-refractivity contribution in [1.29, 1.82) is 0 Å². The van der Waals surface area contributed by atoms with Gasteiger partial charge in [0.05, 0.1) is 7.11 Å². The van der Waals surface area contributed by atoms with Gasteiger partial charge in [-0.15, -0.1) is 11.3 Å². The summed E-state index contributed by atoms with van der Waals surface area (Å²) in [6, 6.07) is 0.0466. The van der Waals surface area contributed by atoms with Crippen LogP contribution in [0.2, 0.25) is 0 Å². The second-order valence-electron chi connectivity index (χ2n) is 4.73. The smallest absolute Gasteiger partial charge is 0.349 e. The Morgan fingerprint density at radius 2 is 2.10 bits per heavy atom. The number of sulfonamides is 1. The molecule has 1 rings (SSSR count). The zero-order chi connectivity index (χ0) is 15.5. The van der Waals surface area contributed by atoms with Crippen molar-refractivity contribution in [1.82, 2.24) is 9.62 Å². The van der Waals surface area contributed by atoms with E-state index < -0.39 is 16.0 Å². The van der Waals surface area contributed by atoms with Gasteiger partial charge in [0.25, 0.3) is 0 Å². The molecule has 8 heteroatoms. The first kappa shape index (κ1) is 17.1. The van der Waals surface area contributed by atoms with Gasteiger partial charge >= 0.3 is 5.97 Å². The van der Waals surface area contributed by atoms with E-state index in [9.17, 15) is 13.2 Å². The standard InChI is InChI=1S/C12H20N2O4S2/c1-8-7-19-10(12(15)18-5)11(8)20(16,17)13-6-9(2)14(3)4/h7,9,13H,6H2,1-5H3. The Morgan fingerprint density at radius 3 is 2.60 bits per heavy atom. The molecular weight excluding hydrogens is 300 g/mol. The first-order chi connectivity index (χ1) is 9.20. The molecule has 0 bridgehead atoms. The number of hydrogen-bond donors (Lipinski definition) is 1. The van der Waals surface area contributed by atoms with Gasteiger partial charge in [-0.1, -0.05) is 0 Å². The Bertz CT molecular complexity index is 578. The number of carbonyl (C=O) groups is 1. The molecule has 0 amide bonds. The van der Waals surface area contributed by atoms with Crippen LogP contribution in [0.15, 0.2) is 10.3 Å². The number of likely N-dealkylation sites (N-methyl/N-ethyl adjacent to an activating group) is 1. The van der Waals surface area contributed by atoms with E-state index >= 15 is 0 Å². The van der Waals surface area contributed by atoms with Gasteiger partial charge in [-0.3, -0.25) is 0 Å². The zero-order valence-corrected chi connectivity index (χ0v) is 13.9. The minimum absolute atomic E-state index is 0.0142. The van der Waals surface area contributed by atoms with E-state index in [1.54, 1.807) is 12.3 Å². The molecule has 1 aromatic rings. The summed E-state index contributed by atoms with van der Waals surface area (Å²) in [6.45, 7) is 3.84. The van der Waals surface area contributed by atoms with Crippen molar-refractivity contribution in [2.24, 2.45) is 0 Å². The third kappa shape index (κ3) is 3.78. The minimum atomic E-state index is -3.73. The molecule has 0 aliphatic rings. The maximum absolute atomic E-state index is 12.4. The molecule has 1 unspecified atom stereocenters. The Balaban J connectivity index is 3.04. The van der Waals surface area contributed by atoms with Crippen molar-refractivity contribution < 1.29 is 17.9 Å². The van der Waals surface area contributed by atoms with Crippen molar-refractivity contribution in [3.05, 3.63) is 15.8 Å². The van der Waals surface area contributed by atoms with Crippen LogP contribution in [-0.2, 0) is 14.8 Å².